The second-order valence-corrected chi connectivity index (χ2v) is 7.61. The molecule has 2 aromatic rings. The van der Waals surface area contributed by atoms with Crippen LogP contribution in [0.15, 0.2) is 47.3 Å². The smallest absolute Gasteiger partial charge is 0.167 e. The number of aryl methyl sites for hydroxylation is 1. The molecule has 0 amide bonds. The predicted octanol–water partition coefficient (Wildman–Crippen LogP) is 5.59. The molecule has 0 spiro atoms. The number of hydrogen-bond donors (Lipinski definition) is 1. The molecule has 0 aliphatic heterocycles. The summed E-state index contributed by atoms with van der Waals surface area (Å²) in [4.78, 5) is 17.6. The minimum atomic E-state index is -0.309. The van der Waals surface area contributed by atoms with E-state index < -0.39 is 0 Å². The van der Waals surface area contributed by atoms with E-state index >= 15 is 0 Å². The number of carbonyl (C=O) groups is 1. The van der Waals surface area contributed by atoms with E-state index in [0.29, 0.717) is 28.3 Å². The van der Waals surface area contributed by atoms with Gasteiger partial charge in [-0.25, -0.2) is 0 Å². The Morgan fingerprint density at radius 1 is 1.21 bits per heavy atom. The number of aliphatic hydroxyl groups is 1. The van der Waals surface area contributed by atoms with Gasteiger partial charge in [-0.15, -0.1) is 0 Å². The summed E-state index contributed by atoms with van der Waals surface area (Å²) in [5, 5.41) is 15.4. The molecule has 29 heavy (non-hydrogen) atoms. The number of oxime groups is 1. The van der Waals surface area contributed by atoms with Crippen LogP contribution in [0.1, 0.15) is 30.9 Å². The van der Waals surface area contributed by atoms with Crippen LogP contribution in [0.25, 0.3) is 16.7 Å². The van der Waals surface area contributed by atoms with E-state index in [-0.39, 0.29) is 23.9 Å². The van der Waals surface area contributed by atoms with Gasteiger partial charge in [-0.2, -0.15) is 0 Å². The quantitative estimate of drug-likeness (QED) is 0.494. The molecule has 5 nitrogen and oxygen atoms in total. The average molecular weight is 414 g/mol. The number of methoxy groups -OCH3 is 1. The fourth-order valence-corrected chi connectivity index (χ4v) is 3.93. The second-order valence-electron chi connectivity index (χ2n) is 7.18. The summed E-state index contributed by atoms with van der Waals surface area (Å²) in [6.45, 7) is 3.72. The zero-order valence-electron chi connectivity index (χ0n) is 17.0. The molecule has 2 aromatic carbocycles. The van der Waals surface area contributed by atoms with Crippen molar-refractivity contribution in [2.75, 3.05) is 14.2 Å². The van der Waals surface area contributed by atoms with Crippen LogP contribution in [0.2, 0.25) is 5.02 Å². The minimum Gasteiger partial charge on any atom is -0.511 e. The van der Waals surface area contributed by atoms with Gasteiger partial charge in [0.15, 0.2) is 5.78 Å². The Morgan fingerprint density at radius 2 is 1.90 bits per heavy atom. The Balaban J connectivity index is 2.05. The van der Waals surface area contributed by atoms with Crippen LogP contribution in [-0.4, -0.2) is 30.8 Å². The van der Waals surface area contributed by atoms with Crippen LogP contribution >= 0.6 is 11.6 Å². The zero-order valence-corrected chi connectivity index (χ0v) is 17.7. The fraction of sp³-hybridized carbons (Fsp3) is 0.304. The number of rotatable bonds is 6. The molecular formula is C23H24ClNO4. The largest absolute Gasteiger partial charge is 0.511 e. The maximum atomic E-state index is 12.8. The molecular weight excluding hydrogens is 390 g/mol. The van der Waals surface area contributed by atoms with Crippen molar-refractivity contribution in [3.05, 3.63) is 58.3 Å². The van der Waals surface area contributed by atoms with Crippen molar-refractivity contribution in [2.45, 2.75) is 26.7 Å². The molecule has 0 bridgehead atoms. The molecule has 1 N–H and O–H groups in total. The molecule has 0 saturated carbocycles. The number of ketones is 1. The Morgan fingerprint density at radius 3 is 2.52 bits per heavy atom. The van der Waals surface area contributed by atoms with Gasteiger partial charge in [-0.3, -0.25) is 4.79 Å². The van der Waals surface area contributed by atoms with E-state index in [2.05, 4.69) is 5.16 Å². The van der Waals surface area contributed by atoms with Crippen molar-refractivity contribution in [3.8, 4) is 16.9 Å². The summed E-state index contributed by atoms with van der Waals surface area (Å²) in [7, 11) is 3.04. The van der Waals surface area contributed by atoms with Gasteiger partial charge in [-0.05, 0) is 55.2 Å². The van der Waals surface area contributed by atoms with Gasteiger partial charge < -0.3 is 14.7 Å². The molecule has 0 fully saturated rings. The third-order valence-corrected chi connectivity index (χ3v) is 5.34. The van der Waals surface area contributed by atoms with Gasteiger partial charge in [0.05, 0.1) is 18.4 Å². The Labute approximate surface area is 175 Å². The third kappa shape index (κ3) is 4.30. The first-order valence-electron chi connectivity index (χ1n) is 9.33. The Bertz CT molecular complexity index is 993. The van der Waals surface area contributed by atoms with E-state index in [4.69, 9.17) is 21.2 Å². The first-order valence-corrected chi connectivity index (χ1v) is 9.71. The molecule has 0 saturated heterocycles. The van der Waals surface area contributed by atoms with E-state index in [1.807, 2.05) is 50.2 Å². The van der Waals surface area contributed by atoms with E-state index in [1.54, 1.807) is 7.11 Å². The van der Waals surface area contributed by atoms with E-state index in [9.17, 15) is 9.90 Å². The van der Waals surface area contributed by atoms with Crippen molar-refractivity contribution in [2.24, 2.45) is 11.1 Å². The van der Waals surface area contributed by atoms with Crippen molar-refractivity contribution in [1.29, 1.82) is 0 Å². The Kier molecular flexibility index (Phi) is 6.28. The summed E-state index contributed by atoms with van der Waals surface area (Å²) >= 11 is 5.99. The highest BCUT2D eigenvalue weighted by Crippen LogP contribution is 2.42. The third-order valence-electron chi connectivity index (χ3n) is 5.09. The van der Waals surface area contributed by atoms with Gasteiger partial charge >= 0.3 is 0 Å². The van der Waals surface area contributed by atoms with Gasteiger partial charge in [0.25, 0.3) is 0 Å². The van der Waals surface area contributed by atoms with Crippen LogP contribution in [0.3, 0.4) is 0 Å². The molecule has 1 aliphatic carbocycles. The number of hydrogen-bond acceptors (Lipinski definition) is 5. The van der Waals surface area contributed by atoms with Crippen molar-refractivity contribution in [3.63, 3.8) is 0 Å². The lowest BCUT2D eigenvalue weighted by Gasteiger charge is -2.15. The maximum absolute atomic E-state index is 12.8. The molecule has 152 valence electrons. The number of allylic oxidation sites excluding steroid dienone is 2. The zero-order chi connectivity index (χ0) is 21.1. The first kappa shape index (κ1) is 20.9. The fourth-order valence-electron chi connectivity index (χ4n) is 3.80. The minimum absolute atomic E-state index is 0.0845. The number of nitrogens with zero attached hydrogens (tertiary/aromatic N) is 1. The lowest BCUT2D eigenvalue weighted by Crippen LogP contribution is -2.06. The van der Waals surface area contributed by atoms with Crippen LogP contribution < -0.4 is 4.74 Å². The number of Topliss-reactive ketones (excluding diaryl/α,β-unsaturated/α-hetero) is 1. The molecule has 3 rings (SSSR count). The van der Waals surface area contributed by atoms with E-state index in [0.717, 1.165) is 22.4 Å². The SMILES string of the molecule is CON=C(C)CC1CC(=O)C(c2c(C)cc(-c3ccc(Cl)cc3)cc2OC)=C1O. The first-order chi connectivity index (χ1) is 13.8. The summed E-state index contributed by atoms with van der Waals surface area (Å²) in [6.07, 6.45) is 0.693. The highest BCUT2D eigenvalue weighted by atomic mass is 35.5. The lowest BCUT2D eigenvalue weighted by molar-refractivity contribution is -0.113. The summed E-state index contributed by atoms with van der Waals surface area (Å²) in [5.74, 6) is 0.226. The normalized spacial score (nSPS) is 17.1. The predicted molar refractivity (Wildman–Crippen MR) is 116 cm³/mol. The van der Waals surface area contributed by atoms with Crippen molar-refractivity contribution < 1.29 is 19.5 Å². The number of halogens is 1. The number of benzene rings is 2. The standard InChI is InChI=1S/C23H24ClNO4/c1-13-9-16(15-5-7-18(24)8-6-15)12-20(28-3)21(13)22-19(26)11-17(23(22)27)10-14(2)25-29-4/h5-9,12,17,27H,10-11H2,1-4H3. The van der Waals surface area contributed by atoms with Gasteiger partial charge in [-0.1, -0.05) is 35.0 Å². The average Bonchev–Trinajstić information content (AvgIpc) is 2.95. The summed E-state index contributed by atoms with van der Waals surface area (Å²) in [6, 6.07) is 11.4. The van der Waals surface area contributed by atoms with Crippen LogP contribution in [0.5, 0.6) is 5.75 Å². The monoisotopic (exact) mass is 413 g/mol. The van der Waals surface area contributed by atoms with Crippen molar-refractivity contribution >= 4 is 28.7 Å². The van der Waals surface area contributed by atoms with Gasteiger partial charge in [0.2, 0.25) is 0 Å². The van der Waals surface area contributed by atoms with Crippen molar-refractivity contribution in [1.82, 2.24) is 0 Å². The number of ether oxygens (including phenoxy) is 1. The summed E-state index contributed by atoms with van der Waals surface area (Å²) in [5.41, 5.74) is 4.48. The molecule has 0 heterocycles. The number of carbonyl (C=O) groups excluding carboxylic acids is 1. The second kappa shape index (κ2) is 8.70. The highest BCUT2D eigenvalue weighted by Gasteiger charge is 2.35. The molecule has 6 heteroatoms. The number of aliphatic hydroxyl groups excluding tert-OH is 1. The Hall–Kier alpha value is -2.79. The molecule has 0 radical (unpaired) electrons. The lowest BCUT2D eigenvalue weighted by atomic mass is 9.93. The highest BCUT2D eigenvalue weighted by molar-refractivity contribution is 6.30. The van der Waals surface area contributed by atoms with E-state index in [1.165, 1.54) is 7.11 Å². The van der Waals surface area contributed by atoms with Crippen LogP contribution in [0, 0.1) is 12.8 Å². The topological polar surface area (TPSA) is 68.1 Å². The molecule has 1 unspecified atom stereocenters. The maximum Gasteiger partial charge on any atom is 0.167 e. The molecule has 0 aromatic heterocycles. The van der Waals surface area contributed by atoms with Crippen LogP contribution in [-0.2, 0) is 9.63 Å². The molecule has 1 aliphatic rings. The van der Waals surface area contributed by atoms with Crippen LogP contribution in [0.4, 0.5) is 0 Å². The van der Waals surface area contributed by atoms with Gasteiger partial charge in [0.1, 0.15) is 18.6 Å². The molecule has 1 atom stereocenters. The van der Waals surface area contributed by atoms with Gasteiger partial charge in [0, 0.05) is 22.9 Å². The summed E-state index contributed by atoms with van der Waals surface area (Å²) < 4.78 is 5.61.